The van der Waals surface area contributed by atoms with Gasteiger partial charge < -0.3 is 14.7 Å². The molecule has 7 heteroatoms. The molecular formula is C19H23FN4O2. The Morgan fingerprint density at radius 1 is 1.19 bits per heavy atom. The van der Waals surface area contributed by atoms with Crippen molar-refractivity contribution in [1.29, 1.82) is 0 Å². The minimum atomic E-state index is -0.209. The number of nitrogens with zero attached hydrogens (tertiary/aromatic N) is 3. The lowest BCUT2D eigenvalue weighted by atomic mass is 10.2. The fraction of sp³-hybridized carbons (Fsp3) is 0.474. The normalized spacial score (nSPS) is 18.1. The summed E-state index contributed by atoms with van der Waals surface area (Å²) in [7, 11) is 0. The van der Waals surface area contributed by atoms with Crippen molar-refractivity contribution in [1.82, 2.24) is 15.4 Å². The van der Waals surface area contributed by atoms with Gasteiger partial charge in [0.15, 0.2) is 5.69 Å². The SMILES string of the molecule is O=C(NCCN1CCN(c2ccc(F)cc2)CC1)c1cc(C2CC2)on1. The molecule has 2 aliphatic rings. The minimum Gasteiger partial charge on any atom is -0.369 e. The van der Waals surface area contributed by atoms with Crippen LogP contribution in [0.5, 0.6) is 0 Å². The topological polar surface area (TPSA) is 61.6 Å². The zero-order chi connectivity index (χ0) is 17.9. The van der Waals surface area contributed by atoms with Crippen LogP contribution in [-0.4, -0.2) is 55.2 Å². The fourth-order valence-corrected chi connectivity index (χ4v) is 3.26. The zero-order valence-corrected chi connectivity index (χ0v) is 14.7. The number of amides is 1. The Kier molecular flexibility index (Phi) is 4.88. The van der Waals surface area contributed by atoms with Crippen molar-refractivity contribution in [3.8, 4) is 0 Å². The van der Waals surface area contributed by atoms with E-state index in [1.54, 1.807) is 6.07 Å². The summed E-state index contributed by atoms with van der Waals surface area (Å²) in [5.41, 5.74) is 1.42. The predicted molar refractivity (Wildman–Crippen MR) is 95.9 cm³/mol. The van der Waals surface area contributed by atoms with Gasteiger partial charge in [0.05, 0.1) is 0 Å². The molecule has 0 spiro atoms. The first-order valence-electron chi connectivity index (χ1n) is 9.17. The molecular weight excluding hydrogens is 335 g/mol. The molecule has 2 aromatic rings. The molecule has 1 saturated carbocycles. The van der Waals surface area contributed by atoms with E-state index in [-0.39, 0.29) is 11.7 Å². The monoisotopic (exact) mass is 358 g/mol. The van der Waals surface area contributed by atoms with Crippen LogP contribution < -0.4 is 10.2 Å². The largest absolute Gasteiger partial charge is 0.369 e. The molecule has 1 amide bonds. The zero-order valence-electron chi connectivity index (χ0n) is 14.7. The maximum Gasteiger partial charge on any atom is 0.273 e. The van der Waals surface area contributed by atoms with Crippen LogP contribution in [0, 0.1) is 5.82 Å². The van der Waals surface area contributed by atoms with Crippen LogP contribution in [0.2, 0.25) is 0 Å². The Morgan fingerprint density at radius 3 is 2.62 bits per heavy atom. The molecule has 2 fully saturated rings. The third-order valence-electron chi connectivity index (χ3n) is 5.02. The number of aromatic nitrogens is 1. The average molecular weight is 358 g/mol. The summed E-state index contributed by atoms with van der Waals surface area (Å²) in [4.78, 5) is 16.7. The maximum absolute atomic E-state index is 13.0. The van der Waals surface area contributed by atoms with Gasteiger partial charge in [-0.05, 0) is 37.1 Å². The van der Waals surface area contributed by atoms with Crippen LogP contribution >= 0.6 is 0 Å². The highest BCUT2D eigenvalue weighted by atomic mass is 19.1. The summed E-state index contributed by atoms with van der Waals surface area (Å²) in [5.74, 6) is 0.901. The number of benzene rings is 1. The summed E-state index contributed by atoms with van der Waals surface area (Å²) >= 11 is 0. The van der Waals surface area contributed by atoms with Gasteiger partial charge in [-0.2, -0.15) is 0 Å². The average Bonchev–Trinajstić information content (AvgIpc) is 3.39. The van der Waals surface area contributed by atoms with Crippen LogP contribution in [0.15, 0.2) is 34.9 Å². The first-order valence-corrected chi connectivity index (χ1v) is 9.17. The lowest BCUT2D eigenvalue weighted by Crippen LogP contribution is -2.48. The van der Waals surface area contributed by atoms with Gasteiger partial charge in [0.1, 0.15) is 11.6 Å². The van der Waals surface area contributed by atoms with Crippen molar-refractivity contribution in [2.24, 2.45) is 0 Å². The standard InChI is InChI=1S/C19H23FN4O2/c20-15-3-5-16(6-4-15)24-11-9-23(10-12-24)8-7-21-19(25)17-13-18(26-22-17)14-1-2-14/h3-6,13-14H,1-2,7-12H2,(H,21,25). The number of rotatable bonds is 6. The maximum atomic E-state index is 13.0. The summed E-state index contributed by atoms with van der Waals surface area (Å²) in [6.45, 7) is 5.02. The second-order valence-electron chi connectivity index (χ2n) is 6.95. The molecule has 1 saturated heterocycles. The highest BCUT2D eigenvalue weighted by Crippen LogP contribution is 2.40. The molecule has 1 aliphatic heterocycles. The third kappa shape index (κ3) is 4.04. The van der Waals surface area contributed by atoms with E-state index in [9.17, 15) is 9.18 Å². The number of anilines is 1. The number of halogens is 1. The van der Waals surface area contributed by atoms with E-state index >= 15 is 0 Å². The number of nitrogens with one attached hydrogen (secondary N) is 1. The summed E-state index contributed by atoms with van der Waals surface area (Å²) in [5, 5.41) is 6.77. The van der Waals surface area contributed by atoms with Gasteiger partial charge in [-0.3, -0.25) is 9.69 Å². The lowest BCUT2D eigenvalue weighted by molar-refractivity contribution is 0.0938. The fourth-order valence-electron chi connectivity index (χ4n) is 3.26. The molecule has 1 aromatic heterocycles. The van der Waals surface area contributed by atoms with E-state index < -0.39 is 0 Å². The molecule has 138 valence electrons. The van der Waals surface area contributed by atoms with Crippen LogP contribution in [0.4, 0.5) is 10.1 Å². The first-order chi connectivity index (χ1) is 12.7. The van der Waals surface area contributed by atoms with Gasteiger partial charge in [-0.1, -0.05) is 5.16 Å². The van der Waals surface area contributed by atoms with E-state index in [2.05, 4.69) is 20.3 Å². The Hall–Kier alpha value is -2.41. The van der Waals surface area contributed by atoms with Gasteiger partial charge in [-0.25, -0.2) is 4.39 Å². The second-order valence-corrected chi connectivity index (χ2v) is 6.95. The highest BCUT2D eigenvalue weighted by Gasteiger charge is 2.28. The molecule has 1 aromatic carbocycles. The number of carbonyl (C=O) groups is 1. The first kappa shape index (κ1) is 17.0. The van der Waals surface area contributed by atoms with E-state index in [4.69, 9.17) is 4.52 Å². The molecule has 0 radical (unpaired) electrons. The Bertz CT molecular complexity index is 749. The van der Waals surface area contributed by atoms with Crippen LogP contribution in [0.25, 0.3) is 0 Å². The van der Waals surface area contributed by atoms with E-state index in [1.807, 2.05) is 12.1 Å². The van der Waals surface area contributed by atoms with Crippen molar-refractivity contribution in [3.63, 3.8) is 0 Å². The Balaban J connectivity index is 1.18. The number of piperazine rings is 1. The van der Waals surface area contributed by atoms with Gasteiger partial charge >= 0.3 is 0 Å². The Labute approximate surface area is 151 Å². The van der Waals surface area contributed by atoms with E-state index in [0.29, 0.717) is 18.2 Å². The molecule has 1 N–H and O–H groups in total. The Morgan fingerprint density at radius 2 is 1.92 bits per heavy atom. The molecule has 26 heavy (non-hydrogen) atoms. The lowest BCUT2D eigenvalue weighted by Gasteiger charge is -2.36. The molecule has 0 atom stereocenters. The van der Waals surface area contributed by atoms with Crippen LogP contribution in [0.1, 0.15) is 35.0 Å². The van der Waals surface area contributed by atoms with Gasteiger partial charge in [0, 0.05) is 56.9 Å². The molecule has 2 heterocycles. The summed E-state index contributed by atoms with van der Waals surface area (Å²) in [6.07, 6.45) is 2.25. The predicted octanol–water partition coefficient (Wildman–Crippen LogP) is 2.24. The molecule has 0 bridgehead atoms. The van der Waals surface area contributed by atoms with E-state index in [1.165, 1.54) is 12.1 Å². The van der Waals surface area contributed by atoms with Crippen molar-refractivity contribution < 1.29 is 13.7 Å². The molecule has 4 rings (SSSR count). The number of hydrogen-bond donors (Lipinski definition) is 1. The minimum absolute atomic E-state index is 0.175. The smallest absolute Gasteiger partial charge is 0.273 e. The van der Waals surface area contributed by atoms with Crippen molar-refractivity contribution >= 4 is 11.6 Å². The summed E-state index contributed by atoms with van der Waals surface area (Å²) < 4.78 is 18.2. The molecule has 6 nitrogen and oxygen atoms in total. The molecule has 1 aliphatic carbocycles. The van der Waals surface area contributed by atoms with Gasteiger partial charge in [-0.15, -0.1) is 0 Å². The molecule has 0 unspecified atom stereocenters. The summed E-state index contributed by atoms with van der Waals surface area (Å²) in [6, 6.07) is 8.39. The van der Waals surface area contributed by atoms with Crippen LogP contribution in [0.3, 0.4) is 0 Å². The number of hydrogen-bond acceptors (Lipinski definition) is 5. The quantitative estimate of drug-likeness (QED) is 0.858. The van der Waals surface area contributed by atoms with Crippen molar-refractivity contribution in [2.45, 2.75) is 18.8 Å². The van der Waals surface area contributed by atoms with Gasteiger partial charge in [0.2, 0.25) is 0 Å². The van der Waals surface area contributed by atoms with E-state index in [0.717, 1.165) is 57.0 Å². The van der Waals surface area contributed by atoms with Crippen LogP contribution in [-0.2, 0) is 0 Å². The van der Waals surface area contributed by atoms with Gasteiger partial charge in [0.25, 0.3) is 5.91 Å². The van der Waals surface area contributed by atoms with Crippen molar-refractivity contribution in [3.05, 3.63) is 47.6 Å². The van der Waals surface area contributed by atoms with Crippen molar-refractivity contribution in [2.75, 3.05) is 44.2 Å². The highest BCUT2D eigenvalue weighted by molar-refractivity contribution is 5.92. The second kappa shape index (κ2) is 7.45. The number of carbonyl (C=O) groups excluding carboxylic acids is 1. The third-order valence-corrected chi connectivity index (χ3v) is 5.02.